The quantitative estimate of drug-likeness (QED) is 0.564. The fraction of sp³-hybridized carbons (Fsp3) is 0.273. The van der Waals surface area contributed by atoms with Crippen molar-refractivity contribution in [2.45, 2.75) is 13.3 Å². The first-order valence-corrected chi connectivity index (χ1v) is 4.82. The van der Waals surface area contributed by atoms with Crippen LogP contribution in [-0.4, -0.2) is 17.9 Å². The van der Waals surface area contributed by atoms with Crippen molar-refractivity contribution in [1.82, 2.24) is 0 Å². The zero-order chi connectivity index (χ0) is 10.6. The summed E-state index contributed by atoms with van der Waals surface area (Å²) in [4.78, 5) is 21.6. The summed E-state index contributed by atoms with van der Waals surface area (Å²) in [5.41, 5.74) is 2.42. The van der Waals surface area contributed by atoms with Crippen LogP contribution in [0.3, 0.4) is 0 Å². The molecule has 0 unspecified atom stereocenters. The van der Waals surface area contributed by atoms with Gasteiger partial charge in [0.25, 0.3) is 0 Å². The van der Waals surface area contributed by atoms with Crippen LogP contribution in [0.15, 0.2) is 18.2 Å². The molecule has 0 aliphatic heterocycles. The van der Waals surface area contributed by atoms with Gasteiger partial charge in [0.15, 0.2) is 5.78 Å². The minimum Gasteiger partial charge on any atom is -0.298 e. The van der Waals surface area contributed by atoms with E-state index in [9.17, 15) is 9.59 Å². The molecule has 0 spiro atoms. The van der Waals surface area contributed by atoms with Crippen LogP contribution in [0, 0.1) is 6.92 Å². The van der Waals surface area contributed by atoms with Gasteiger partial charge < -0.3 is 0 Å². The van der Waals surface area contributed by atoms with E-state index in [0.717, 1.165) is 17.4 Å². The van der Waals surface area contributed by atoms with Gasteiger partial charge in [-0.05, 0) is 24.6 Å². The van der Waals surface area contributed by atoms with Crippen LogP contribution in [0.1, 0.15) is 21.5 Å². The average molecular weight is 211 g/mol. The van der Waals surface area contributed by atoms with Gasteiger partial charge in [-0.1, -0.05) is 11.6 Å². The molecule has 0 atom stereocenters. The number of halogens is 1. The van der Waals surface area contributed by atoms with Crippen LogP contribution in [0.5, 0.6) is 0 Å². The lowest BCUT2D eigenvalue weighted by Gasteiger charge is -2.02. The van der Waals surface area contributed by atoms with Crippen LogP contribution in [0.2, 0.25) is 0 Å². The molecule has 2 nitrogen and oxygen atoms in total. The van der Waals surface area contributed by atoms with Gasteiger partial charge >= 0.3 is 0 Å². The van der Waals surface area contributed by atoms with Crippen LogP contribution in [0.4, 0.5) is 0 Å². The number of benzene rings is 1. The normalized spacial score (nSPS) is 9.86. The second-order valence-corrected chi connectivity index (χ2v) is 3.49. The predicted molar refractivity (Wildman–Crippen MR) is 56.0 cm³/mol. The van der Waals surface area contributed by atoms with Crippen LogP contribution >= 0.6 is 11.6 Å². The average Bonchev–Trinajstić information content (AvgIpc) is 2.16. The van der Waals surface area contributed by atoms with Gasteiger partial charge in [0, 0.05) is 12.0 Å². The van der Waals surface area contributed by atoms with E-state index in [-0.39, 0.29) is 11.7 Å². The first-order valence-electron chi connectivity index (χ1n) is 4.29. The van der Waals surface area contributed by atoms with Crippen molar-refractivity contribution in [3.63, 3.8) is 0 Å². The van der Waals surface area contributed by atoms with Gasteiger partial charge in [-0.15, -0.1) is 11.6 Å². The highest BCUT2D eigenvalue weighted by atomic mass is 35.5. The highest BCUT2D eigenvalue weighted by molar-refractivity contribution is 6.27. The standard InChI is InChI=1S/C11H11ClO2/c1-8-2-9(5-11(14)6-12)4-10(3-8)7-13/h2-4,7H,5-6H2,1H3. The Bertz CT molecular complexity index is 358. The summed E-state index contributed by atoms with van der Waals surface area (Å²) in [5, 5.41) is 0. The van der Waals surface area contributed by atoms with Gasteiger partial charge in [0.2, 0.25) is 0 Å². The number of carbonyl (C=O) groups is 2. The number of rotatable bonds is 4. The lowest BCUT2D eigenvalue weighted by molar-refractivity contribution is -0.116. The predicted octanol–water partition coefficient (Wildman–Crippen LogP) is 2.16. The van der Waals surface area contributed by atoms with Crippen molar-refractivity contribution in [2.75, 3.05) is 5.88 Å². The summed E-state index contributed by atoms with van der Waals surface area (Å²) in [5.74, 6) is -0.0150. The first kappa shape index (κ1) is 10.9. The van der Waals surface area contributed by atoms with E-state index in [1.165, 1.54) is 0 Å². The Hall–Kier alpha value is -1.15. The molecule has 0 aliphatic carbocycles. The molecule has 74 valence electrons. The highest BCUT2D eigenvalue weighted by Gasteiger charge is 2.03. The van der Waals surface area contributed by atoms with Gasteiger partial charge in [-0.2, -0.15) is 0 Å². The molecule has 14 heavy (non-hydrogen) atoms. The molecule has 1 aromatic rings. The summed E-state index contributed by atoms with van der Waals surface area (Å²) in [6.45, 7) is 1.89. The zero-order valence-electron chi connectivity index (χ0n) is 7.92. The largest absolute Gasteiger partial charge is 0.298 e. The maximum Gasteiger partial charge on any atom is 0.151 e. The highest BCUT2D eigenvalue weighted by Crippen LogP contribution is 2.09. The molecular weight excluding hydrogens is 200 g/mol. The zero-order valence-corrected chi connectivity index (χ0v) is 8.67. The van der Waals surface area contributed by atoms with E-state index >= 15 is 0 Å². The molecule has 0 saturated heterocycles. The second kappa shape index (κ2) is 4.91. The molecule has 0 heterocycles. The number of ketones is 1. The van der Waals surface area contributed by atoms with Crippen LogP contribution in [-0.2, 0) is 11.2 Å². The number of carbonyl (C=O) groups excluding carboxylic acids is 2. The molecule has 0 saturated carbocycles. The number of Topliss-reactive ketones (excluding diaryl/α,β-unsaturated/α-hetero) is 1. The molecule has 1 rings (SSSR count). The van der Waals surface area contributed by atoms with Crippen molar-refractivity contribution in [3.05, 3.63) is 34.9 Å². The molecule has 0 aliphatic rings. The van der Waals surface area contributed by atoms with E-state index in [1.54, 1.807) is 12.1 Å². The Labute approximate surface area is 87.9 Å². The Morgan fingerprint density at radius 2 is 2.14 bits per heavy atom. The van der Waals surface area contributed by atoms with E-state index < -0.39 is 0 Å². The molecule has 0 aromatic heterocycles. The minimum absolute atomic E-state index is 0.0182. The third-order valence-electron chi connectivity index (χ3n) is 1.85. The molecule has 0 radical (unpaired) electrons. The molecule has 0 N–H and O–H groups in total. The van der Waals surface area contributed by atoms with Gasteiger partial charge in [0.1, 0.15) is 6.29 Å². The number of alkyl halides is 1. The van der Waals surface area contributed by atoms with Crippen molar-refractivity contribution in [1.29, 1.82) is 0 Å². The number of aldehydes is 1. The summed E-state index contributed by atoms with van der Waals surface area (Å²) in [7, 11) is 0. The first-order chi connectivity index (χ1) is 6.65. The molecule has 3 heteroatoms. The fourth-order valence-corrected chi connectivity index (χ4v) is 1.43. The van der Waals surface area contributed by atoms with E-state index in [2.05, 4.69) is 0 Å². The molecule has 0 amide bonds. The van der Waals surface area contributed by atoms with Gasteiger partial charge in [-0.25, -0.2) is 0 Å². The Balaban J connectivity index is 2.91. The van der Waals surface area contributed by atoms with E-state index in [0.29, 0.717) is 12.0 Å². The van der Waals surface area contributed by atoms with Crippen LogP contribution in [0.25, 0.3) is 0 Å². The van der Waals surface area contributed by atoms with E-state index in [1.807, 2.05) is 13.0 Å². The fourth-order valence-electron chi connectivity index (χ4n) is 1.34. The van der Waals surface area contributed by atoms with Crippen molar-refractivity contribution in [2.24, 2.45) is 0 Å². The summed E-state index contributed by atoms with van der Waals surface area (Å²) >= 11 is 5.40. The maximum absolute atomic E-state index is 11.1. The maximum atomic E-state index is 11.1. The number of hydrogen-bond acceptors (Lipinski definition) is 2. The lowest BCUT2D eigenvalue weighted by atomic mass is 10.0. The summed E-state index contributed by atoms with van der Waals surface area (Å²) in [6.07, 6.45) is 1.08. The van der Waals surface area contributed by atoms with Gasteiger partial charge in [-0.3, -0.25) is 9.59 Å². The van der Waals surface area contributed by atoms with Crippen molar-refractivity contribution in [3.8, 4) is 0 Å². The van der Waals surface area contributed by atoms with E-state index in [4.69, 9.17) is 11.6 Å². The summed E-state index contributed by atoms with van der Waals surface area (Å²) in [6, 6.07) is 5.38. The Kier molecular flexibility index (Phi) is 3.84. The minimum atomic E-state index is -0.0332. The molecule has 1 aromatic carbocycles. The Morgan fingerprint density at radius 3 is 2.71 bits per heavy atom. The van der Waals surface area contributed by atoms with Crippen LogP contribution < -0.4 is 0 Å². The molecular formula is C11H11ClO2. The van der Waals surface area contributed by atoms with Crippen molar-refractivity contribution >= 4 is 23.7 Å². The lowest BCUT2D eigenvalue weighted by Crippen LogP contribution is -2.04. The van der Waals surface area contributed by atoms with Crippen molar-refractivity contribution < 1.29 is 9.59 Å². The third-order valence-corrected chi connectivity index (χ3v) is 2.14. The number of hydrogen-bond donors (Lipinski definition) is 0. The smallest absolute Gasteiger partial charge is 0.151 e. The number of aryl methyl sites for hydroxylation is 1. The monoisotopic (exact) mass is 210 g/mol. The molecule has 0 bridgehead atoms. The Morgan fingerprint density at radius 1 is 1.43 bits per heavy atom. The third kappa shape index (κ3) is 2.96. The second-order valence-electron chi connectivity index (χ2n) is 3.22. The summed E-state index contributed by atoms with van der Waals surface area (Å²) < 4.78 is 0. The molecule has 0 fully saturated rings. The topological polar surface area (TPSA) is 34.1 Å². The SMILES string of the molecule is Cc1cc(C=O)cc(CC(=O)CCl)c1. The van der Waals surface area contributed by atoms with Gasteiger partial charge in [0.05, 0.1) is 5.88 Å².